The fourth-order valence-electron chi connectivity index (χ4n) is 7.34. The van der Waals surface area contributed by atoms with Gasteiger partial charge in [-0.15, -0.1) is 20.5 Å². The molecule has 6 N–H and O–H groups in total. The molecule has 2 aromatic heterocycles. The molecule has 1 aliphatic rings. The number of hydrogen-bond acceptors (Lipinski definition) is 18. The molecule has 0 saturated heterocycles. The molecule has 2 heterocycles. The summed E-state index contributed by atoms with van der Waals surface area (Å²) in [6.45, 7) is 1.52. The SMILES string of the molecule is Cc1c(C#N)c(NC2C=CC(S(=O)(=O)O)=CC2)nc(Nc2ccc(S(=O)(=O)O)cc2)c1N=Nc1sc(N=Nc2cc(S(=O)(=O)O)c3cccc(S(=O)(=O)O)c3c2)c(-c2ccc3ccccc3c2)c1C#N. The Morgan fingerprint density at radius 1 is 0.671 bits per heavy atom. The number of azo groups is 2. The van der Waals surface area contributed by atoms with Gasteiger partial charge in [-0.05, 0) is 84.3 Å². The Balaban J connectivity index is 1.28. The van der Waals surface area contributed by atoms with Crippen LogP contribution in [0.15, 0.2) is 155 Å². The van der Waals surface area contributed by atoms with Gasteiger partial charge in [0.2, 0.25) is 0 Å². The first-order valence-electron chi connectivity index (χ1n) is 19.9. The summed E-state index contributed by atoms with van der Waals surface area (Å²) in [7, 11) is -19.0. The molecular formula is C44H31N9O12S5. The predicted molar refractivity (Wildman–Crippen MR) is 258 cm³/mol. The molecule has 354 valence electrons. The number of aromatic nitrogens is 1. The van der Waals surface area contributed by atoms with Crippen LogP contribution in [0.5, 0.6) is 0 Å². The van der Waals surface area contributed by atoms with Gasteiger partial charge >= 0.3 is 0 Å². The van der Waals surface area contributed by atoms with E-state index in [2.05, 4.69) is 48.2 Å². The van der Waals surface area contributed by atoms with Crippen molar-refractivity contribution in [1.82, 2.24) is 4.98 Å². The number of allylic oxidation sites excluding steroid dienone is 1. The van der Waals surface area contributed by atoms with Gasteiger partial charge in [0.15, 0.2) is 10.8 Å². The fourth-order valence-corrected chi connectivity index (χ4v) is 10.7. The highest BCUT2D eigenvalue weighted by atomic mass is 32.2. The van der Waals surface area contributed by atoms with Crippen molar-refractivity contribution in [3.05, 3.63) is 137 Å². The van der Waals surface area contributed by atoms with E-state index < -0.39 is 61.2 Å². The van der Waals surface area contributed by atoms with Gasteiger partial charge in [-0.3, -0.25) is 18.2 Å². The van der Waals surface area contributed by atoms with Gasteiger partial charge < -0.3 is 10.6 Å². The van der Waals surface area contributed by atoms with Crippen LogP contribution in [0.3, 0.4) is 0 Å². The molecule has 21 nitrogen and oxygen atoms in total. The lowest BCUT2D eigenvalue weighted by Gasteiger charge is -2.21. The van der Waals surface area contributed by atoms with E-state index in [0.29, 0.717) is 5.56 Å². The fraction of sp³-hybridized carbons (Fsp3) is 0.0682. The molecular weight excluding hydrogens is 1010 g/mol. The average molecular weight is 1040 g/mol. The molecule has 5 aromatic carbocycles. The monoisotopic (exact) mass is 1040 g/mol. The van der Waals surface area contributed by atoms with E-state index in [1.807, 2.05) is 24.3 Å². The lowest BCUT2D eigenvalue weighted by atomic mass is 10.00. The molecule has 0 amide bonds. The molecule has 0 aliphatic heterocycles. The summed E-state index contributed by atoms with van der Waals surface area (Å²) in [6, 6.07) is 26.6. The summed E-state index contributed by atoms with van der Waals surface area (Å²) in [5, 5.41) is 45.8. The summed E-state index contributed by atoms with van der Waals surface area (Å²) in [5.41, 5.74) is 0.641. The van der Waals surface area contributed by atoms with Gasteiger partial charge in [0.25, 0.3) is 40.5 Å². The molecule has 8 rings (SSSR count). The van der Waals surface area contributed by atoms with E-state index in [-0.39, 0.29) is 83.1 Å². The van der Waals surface area contributed by atoms with Crippen LogP contribution in [-0.4, -0.2) is 62.9 Å². The maximum Gasteiger partial charge on any atom is 0.295 e. The summed E-state index contributed by atoms with van der Waals surface area (Å²) < 4.78 is 136. The number of pyridine rings is 1. The van der Waals surface area contributed by atoms with Gasteiger partial charge in [-0.2, -0.15) is 44.2 Å². The molecule has 1 aliphatic carbocycles. The first kappa shape index (κ1) is 48.8. The van der Waals surface area contributed by atoms with Crippen LogP contribution < -0.4 is 10.6 Å². The minimum Gasteiger partial charge on any atom is -0.362 e. The number of benzene rings is 5. The van der Waals surface area contributed by atoms with E-state index in [0.717, 1.165) is 52.4 Å². The van der Waals surface area contributed by atoms with Gasteiger partial charge in [-0.1, -0.05) is 72.0 Å². The van der Waals surface area contributed by atoms with Gasteiger partial charge in [-0.25, -0.2) is 4.98 Å². The zero-order valence-corrected chi connectivity index (χ0v) is 39.6. The topological polar surface area (TPSA) is 351 Å². The number of nitriles is 2. The lowest BCUT2D eigenvalue weighted by Crippen LogP contribution is -2.21. The second kappa shape index (κ2) is 18.7. The molecule has 0 fully saturated rings. The molecule has 1 unspecified atom stereocenters. The van der Waals surface area contributed by atoms with Crippen LogP contribution in [0.1, 0.15) is 23.1 Å². The van der Waals surface area contributed by atoms with E-state index in [4.69, 9.17) is 0 Å². The molecule has 0 radical (unpaired) electrons. The number of hydrogen-bond donors (Lipinski definition) is 6. The van der Waals surface area contributed by atoms with Crippen LogP contribution in [0.2, 0.25) is 0 Å². The van der Waals surface area contributed by atoms with Crippen LogP contribution in [-0.2, 0) is 40.5 Å². The zero-order chi connectivity index (χ0) is 50.3. The van der Waals surface area contributed by atoms with Crippen molar-refractivity contribution in [3.63, 3.8) is 0 Å². The van der Waals surface area contributed by atoms with E-state index in [9.17, 15) is 62.4 Å². The highest BCUT2D eigenvalue weighted by Gasteiger charge is 2.26. The van der Waals surface area contributed by atoms with E-state index in [1.54, 1.807) is 18.2 Å². The maximum absolute atomic E-state index is 12.6. The molecule has 0 bridgehead atoms. The third-order valence-electron chi connectivity index (χ3n) is 10.6. The van der Waals surface area contributed by atoms with Crippen LogP contribution >= 0.6 is 11.3 Å². The van der Waals surface area contributed by atoms with Gasteiger partial charge in [0, 0.05) is 33.6 Å². The predicted octanol–water partition coefficient (Wildman–Crippen LogP) is 9.99. The second-order valence-electron chi connectivity index (χ2n) is 15.1. The maximum atomic E-state index is 12.6. The summed E-state index contributed by atoms with van der Waals surface area (Å²) in [6.07, 6.45) is 3.96. The van der Waals surface area contributed by atoms with Crippen molar-refractivity contribution in [1.29, 1.82) is 10.5 Å². The number of nitrogens with zero attached hydrogens (tertiary/aromatic N) is 7. The minimum absolute atomic E-state index is 0.000887. The quantitative estimate of drug-likeness (QED) is 0.0462. The van der Waals surface area contributed by atoms with Gasteiger partial charge in [0.1, 0.15) is 44.0 Å². The Bertz CT molecular complexity index is 4030. The second-order valence-corrected chi connectivity index (χ2v) is 21.7. The van der Waals surface area contributed by atoms with Crippen LogP contribution in [0, 0.1) is 29.6 Å². The van der Waals surface area contributed by atoms with E-state index in [1.165, 1.54) is 49.4 Å². The number of fused-ring (bicyclic) bond motifs is 2. The molecule has 1 atom stereocenters. The summed E-state index contributed by atoms with van der Waals surface area (Å²) in [5.74, 6) is -0.0599. The Morgan fingerprint density at radius 2 is 1.36 bits per heavy atom. The van der Waals surface area contributed by atoms with Crippen LogP contribution in [0.25, 0.3) is 32.7 Å². The normalized spacial score (nSPS) is 14.5. The summed E-state index contributed by atoms with van der Waals surface area (Å²) >= 11 is 0.809. The Hall–Kier alpha value is -7.63. The van der Waals surface area contributed by atoms with Crippen molar-refractivity contribution < 1.29 is 51.9 Å². The van der Waals surface area contributed by atoms with Crippen molar-refractivity contribution in [3.8, 4) is 23.3 Å². The first-order chi connectivity index (χ1) is 33.0. The third kappa shape index (κ3) is 10.2. The molecule has 70 heavy (non-hydrogen) atoms. The smallest absolute Gasteiger partial charge is 0.295 e. The average Bonchev–Trinajstić information content (AvgIpc) is 3.66. The zero-order valence-electron chi connectivity index (χ0n) is 35.5. The number of nitrogens with one attached hydrogen (secondary N) is 2. The molecule has 26 heteroatoms. The Kier molecular flexibility index (Phi) is 13.0. The third-order valence-corrected chi connectivity index (χ3v) is 15.1. The number of anilines is 3. The minimum atomic E-state index is -5.01. The standard InChI is InChI=1S/C44H31N9O12S5/c1-24-35(22-45)41(47-28-11-15-31(16-12-28)67(54,55)56)49-42(48-29-13-17-32(18-14-29)68(57,58)59)40(24)51-52-43-36(23-46)39(27-10-9-25-5-2-3-6-26(25)19-27)44(66-43)53-50-30-20-34-33(38(21-30)70(63,64)65)7-4-8-37(34)69(60,61)62/h2-11,13-21,28H,12H2,1H3,(H2,47,48,49)(H,54,55,56)(H,57,58,59)(H,60,61,62)(H,63,64,65). The highest BCUT2D eigenvalue weighted by Crippen LogP contribution is 2.49. The molecule has 0 saturated carbocycles. The van der Waals surface area contributed by atoms with E-state index >= 15 is 0 Å². The largest absolute Gasteiger partial charge is 0.362 e. The van der Waals surface area contributed by atoms with Gasteiger partial charge in [0.05, 0.1) is 21.1 Å². The number of thiophene rings is 1. The lowest BCUT2D eigenvalue weighted by molar-refractivity contribution is 0.481. The summed E-state index contributed by atoms with van der Waals surface area (Å²) in [4.78, 5) is 2.47. The molecule has 7 aromatic rings. The van der Waals surface area contributed by atoms with Crippen molar-refractivity contribution >= 4 is 112 Å². The van der Waals surface area contributed by atoms with Crippen molar-refractivity contribution in [2.45, 2.75) is 34.1 Å². The molecule has 0 spiro atoms. The van der Waals surface area contributed by atoms with Crippen LogP contribution in [0.4, 0.5) is 38.7 Å². The van der Waals surface area contributed by atoms with Crippen molar-refractivity contribution in [2.75, 3.05) is 10.6 Å². The highest BCUT2D eigenvalue weighted by molar-refractivity contribution is 7.90. The van der Waals surface area contributed by atoms with Crippen molar-refractivity contribution in [2.24, 2.45) is 20.5 Å². The number of rotatable bonds is 13. The Morgan fingerprint density at radius 3 is 1.99 bits per heavy atom. The Labute approximate surface area is 402 Å². The first-order valence-corrected chi connectivity index (χ1v) is 26.4.